The smallest absolute Gasteiger partial charge is 0.0949 e. The third-order valence-electron chi connectivity index (χ3n) is 4.20. The number of nitrogens with one attached hydrogen (secondary N) is 1. The van der Waals surface area contributed by atoms with E-state index < -0.39 is 0 Å². The van der Waals surface area contributed by atoms with Crippen molar-refractivity contribution in [3.63, 3.8) is 0 Å². The summed E-state index contributed by atoms with van der Waals surface area (Å²) in [5.41, 5.74) is 1.21. The first-order valence-corrected chi connectivity index (χ1v) is 8.14. The minimum Gasteiger partial charge on any atom is -0.333 e. The zero-order valence-electron chi connectivity index (χ0n) is 12.3. The van der Waals surface area contributed by atoms with E-state index in [1.165, 1.54) is 29.8 Å². The Morgan fingerprint density at radius 3 is 2.90 bits per heavy atom. The van der Waals surface area contributed by atoms with E-state index in [4.69, 9.17) is 0 Å². The van der Waals surface area contributed by atoms with Crippen LogP contribution in [0.4, 0.5) is 0 Å². The van der Waals surface area contributed by atoms with Crippen LogP contribution in [0.3, 0.4) is 0 Å². The van der Waals surface area contributed by atoms with Crippen molar-refractivity contribution in [1.82, 2.24) is 19.9 Å². The Balaban J connectivity index is 1.72. The van der Waals surface area contributed by atoms with E-state index in [-0.39, 0.29) is 0 Å². The summed E-state index contributed by atoms with van der Waals surface area (Å²) < 4.78 is 2.25. The van der Waals surface area contributed by atoms with Gasteiger partial charge in [-0.15, -0.1) is 11.3 Å². The molecule has 0 radical (unpaired) electrons. The lowest BCUT2D eigenvalue weighted by Gasteiger charge is -2.25. The second kappa shape index (κ2) is 5.66. The van der Waals surface area contributed by atoms with Crippen LogP contribution in [-0.2, 0) is 0 Å². The van der Waals surface area contributed by atoms with E-state index in [2.05, 4.69) is 46.8 Å². The van der Waals surface area contributed by atoms with E-state index in [9.17, 15) is 0 Å². The number of aromatic nitrogens is 3. The highest BCUT2D eigenvalue weighted by Crippen LogP contribution is 2.32. The van der Waals surface area contributed by atoms with E-state index in [1.807, 2.05) is 12.5 Å². The minimum atomic E-state index is 0.314. The Morgan fingerprint density at radius 1 is 1.40 bits per heavy atom. The number of aryl methyl sites for hydroxylation is 2. The summed E-state index contributed by atoms with van der Waals surface area (Å²) in [5, 5.41) is 4.94. The van der Waals surface area contributed by atoms with Gasteiger partial charge in [0.1, 0.15) is 0 Å². The van der Waals surface area contributed by atoms with Crippen molar-refractivity contribution >= 4 is 11.3 Å². The van der Waals surface area contributed by atoms with Crippen molar-refractivity contribution in [2.75, 3.05) is 0 Å². The normalized spacial score (nSPS) is 24.1. The highest BCUT2D eigenvalue weighted by atomic mass is 32.1. The standard InChI is InChI=1S/C15H22N4S/c1-10(15-11(2)20-12(3)18-15)17-13-5-4-6-14(13)19-8-7-16-9-19/h7-10,13-14,17H,4-6H2,1-3H3. The van der Waals surface area contributed by atoms with Gasteiger partial charge in [0.2, 0.25) is 0 Å². The third-order valence-corrected chi connectivity index (χ3v) is 5.10. The number of nitrogens with zero attached hydrogens (tertiary/aromatic N) is 3. The van der Waals surface area contributed by atoms with Crippen LogP contribution in [0, 0.1) is 13.8 Å². The van der Waals surface area contributed by atoms with Gasteiger partial charge in [0.25, 0.3) is 0 Å². The molecule has 0 aromatic carbocycles. The quantitative estimate of drug-likeness (QED) is 0.938. The molecule has 2 aromatic rings. The Kier molecular flexibility index (Phi) is 3.89. The first-order valence-electron chi connectivity index (χ1n) is 7.32. The van der Waals surface area contributed by atoms with Crippen LogP contribution in [0.25, 0.3) is 0 Å². The van der Waals surface area contributed by atoms with Gasteiger partial charge in [-0.1, -0.05) is 0 Å². The van der Waals surface area contributed by atoms with Crippen molar-refractivity contribution in [2.45, 2.75) is 58.2 Å². The molecule has 2 heterocycles. The molecule has 2 aromatic heterocycles. The highest BCUT2D eigenvalue weighted by molar-refractivity contribution is 7.11. The molecule has 5 heteroatoms. The van der Waals surface area contributed by atoms with Crippen LogP contribution in [-0.4, -0.2) is 20.6 Å². The maximum atomic E-state index is 4.68. The van der Waals surface area contributed by atoms with E-state index in [0.717, 1.165) is 5.01 Å². The Hall–Kier alpha value is -1.20. The highest BCUT2D eigenvalue weighted by Gasteiger charge is 2.30. The topological polar surface area (TPSA) is 42.7 Å². The second-order valence-corrected chi connectivity index (χ2v) is 7.08. The van der Waals surface area contributed by atoms with Gasteiger partial charge < -0.3 is 9.88 Å². The van der Waals surface area contributed by atoms with Crippen LogP contribution in [0.2, 0.25) is 0 Å². The SMILES string of the molecule is Cc1nc(C(C)NC2CCCC2n2ccnc2)c(C)s1. The Bertz CT molecular complexity index is 560. The molecule has 1 aliphatic carbocycles. The van der Waals surface area contributed by atoms with Crippen molar-refractivity contribution in [2.24, 2.45) is 0 Å². The molecule has 20 heavy (non-hydrogen) atoms. The van der Waals surface area contributed by atoms with Crippen LogP contribution >= 0.6 is 11.3 Å². The molecule has 0 aliphatic heterocycles. The van der Waals surface area contributed by atoms with Crippen LogP contribution < -0.4 is 5.32 Å². The molecule has 0 spiro atoms. The van der Waals surface area contributed by atoms with Gasteiger partial charge in [-0.25, -0.2) is 9.97 Å². The zero-order valence-corrected chi connectivity index (χ0v) is 13.2. The lowest BCUT2D eigenvalue weighted by atomic mass is 10.1. The van der Waals surface area contributed by atoms with Gasteiger partial charge >= 0.3 is 0 Å². The summed E-state index contributed by atoms with van der Waals surface area (Å²) in [7, 11) is 0. The summed E-state index contributed by atoms with van der Waals surface area (Å²) in [5.74, 6) is 0. The van der Waals surface area contributed by atoms with E-state index >= 15 is 0 Å². The monoisotopic (exact) mass is 290 g/mol. The Morgan fingerprint density at radius 2 is 2.25 bits per heavy atom. The summed E-state index contributed by atoms with van der Waals surface area (Å²) in [6.45, 7) is 6.47. The van der Waals surface area contributed by atoms with Gasteiger partial charge in [-0.2, -0.15) is 0 Å². The summed E-state index contributed by atoms with van der Waals surface area (Å²) in [6.07, 6.45) is 9.63. The first-order chi connectivity index (χ1) is 9.65. The third kappa shape index (κ3) is 2.65. The molecule has 3 atom stereocenters. The molecule has 1 fully saturated rings. The van der Waals surface area contributed by atoms with Crippen LogP contribution in [0.1, 0.15) is 53.8 Å². The number of hydrogen-bond acceptors (Lipinski definition) is 4. The molecular formula is C15H22N4S. The summed E-state index contributed by atoms with van der Waals surface area (Å²) in [4.78, 5) is 10.2. The molecule has 1 aliphatic rings. The number of rotatable bonds is 4. The molecule has 3 rings (SSSR count). The molecule has 1 N–H and O–H groups in total. The number of thiazole rings is 1. The minimum absolute atomic E-state index is 0.314. The molecule has 0 saturated heterocycles. The van der Waals surface area contributed by atoms with Crippen LogP contribution in [0.5, 0.6) is 0 Å². The zero-order chi connectivity index (χ0) is 14.1. The van der Waals surface area contributed by atoms with Crippen molar-refractivity contribution in [1.29, 1.82) is 0 Å². The van der Waals surface area contributed by atoms with Gasteiger partial charge in [0.05, 0.1) is 17.0 Å². The molecule has 1 saturated carbocycles. The maximum absolute atomic E-state index is 4.68. The molecular weight excluding hydrogens is 268 g/mol. The second-order valence-electron chi connectivity index (χ2n) is 5.68. The largest absolute Gasteiger partial charge is 0.333 e. The molecule has 4 nitrogen and oxygen atoms in total. The van der Waals surface area contributed by atoms with E-state index in [0.29, 0.717) is 18.1 Å². The van der Waals surface area contributed by atoms with Crippen LogP contribution in [0.15, 0.2) is 18.7 Å². The molecule has 0 bridgehead atoms. The first kappa shape index (κ1) is 13.8. The fraction of sp³-hybridized carbons (Fsp3) is 0.600. The fourth-order valence-electron chi connectivity index (χ4n) is 3.30. The summed E-state index contributed by atoms with van der Waals surface area (Å²) >= 11 is 1.79. The average Bonchev–Trinajstić information content (AvgIpc) is 3.09. The number of imidazole rings is 1. The van der Waals surface area contributed by atoms with Crippen molar-refractivity contribution in [3.8, 4) is 0 Å². The van der Waals surface area contributed by atoms with Crippen molar-refractivity contribution < 1.29 is 0 Å². The molecule has 0 amide bonds. The molecule has 108 valence electrons. The predicted octanol–water partition coefficient (Wildman–Crippen LogP) is 3.40. The average molecular weight is 290 g/mol. The van der Waals surface area contributed by atoms with Crippen molar-refractivity contribution in [3.05, 3.63) is 34.3 Å². The Labute approximate surface area is 124 Å². The van der Waals surface area contributed by atoms with Gasteiger partial charge in [0.15, 0.2) is 0 Å². The molecule has 3 unspecified atom stereocenters. The summed E-state index contributed by atoms with van der Waals surface area (Å²) in [6, 6.07) is 1.36. The lowest BCUT2D eigenvalue weighted by Crippen LogP contribution is -2.35. The number of hydrogen-bond donors (Lipinski definition) is 1. The lowest BCUT2D eigenvalue weighted by molar-refractivity contribution is 0.360. The van der Waals surface area contributed by atoms with E-state index in [1.54, 1.807) is 11.3 Å². The fourth-order valence-corrected chi connectivity index (χ4v) is 4.22. The van der Waals surface area contributed by atoms with Gasteiger partial charge in [-0.05, 0) is 40.0 Å². The van der Waals surface area contributed by atoms with Gasteiger partial charge in [-0.3, -0.25) is 0 Å². The van der Waals surface area contributed by atoms with Gasteiger partial charge in [0, 0.05) is 35.4 Å². The predicted molar refractivity (Wildman–Crippen MR) is 82.0 cm³/mol. The maximum Gasteiger partial charge on any atom is 0.0949 e.